The van der Waals surface area contributed by atoms with Gasteiger partial charge in [-0.25, -0.2) is 0 Å². The summed E-state index contributed by atoms with van der Waals surface area (Å²) < 4.78 is 5.16. The van der Waals surface area contributed by atoms with Crippen LogP contribution in [0.3, 0.4) is 0 Å². The fourth-order valence-electron chi connectivity index (χ4n) is 0.775. The van der Waals surface area contributed by atoms with Gasteiger partial charge in [-0.1, -0.05) is 26.2 Å². The topological polar surface area (TPSA) is 21.3 Å². The van der Waals surface area contributed by atoms with Crippen molar-refractivity contribution < 1.29 is 4.74 Å². The number of nitrogens with one attached hydrogen (secondary N) is 1. The third kappa shape index (κ3) is 7.92. The van der Waals surface area contributed by atoms with Gasteiger partial charge in [0, 0.05) is 13.7 Å². The molecule has 1 N–H and O–H groups in total. The number of unbranched alkanes of at least 4 members (excludes halogenated alkanes) is 3. The monoisotopic (exact) mass is 144 g/mol. The van der Waals surface area contributed by atoms with Gasteiger partial charge in [0.05, 0.1) is 6.73 Å². The lowest BCUT2D eigenvalue weighted by Crippen LogP contribution is -2.09. The minimum Gasteiger partial charge on any atom is -0.366 e. The van der Waals surface area contributed by atoms with Gasteiger partial charge in [-0.3, -0.25) is 5.32 Å². The molecule has 0 spiro atoms. The summed E-state index contributed by atoms with van der Waals surface area (Å²) in [6.45, 7) is 3.65. The predicted octanol–water partition coefficient (Wildman–Crippen LogP) is 1.92. The van der Waals surface area contributed by atoms with Gasteiger partial charge in [0.15, 0.2) is 0 Å². The van der Waals surface area contributed by atoms with Crippen LogP contribution in [-0.4, -0.2) is 13.3 Å². The highest BCUT2D eigenvalue weighted by Gasteiger charge is 1.86. The second-order valence-corrected chi connectivity index (χ2v) is 2.36. The van der Waals surface area contributed by atoms with Crippen molar-refractivity contribution in [3.63, 3.8) is 0 Å². The molecule has 0 atom stereocenters. The van der Waals surface area contributed by atoms with Gasteiger partial charge in [0.2, 0.25) is 0 Å². The standard InChI is InChI=1S/C8H18NO/c1-3-4-5-6-7-10-8-9-2/h9H,2-8H2,1H3. The van der Waals surface area contributed by atoms with Gasteiger partial charge in [0.1, 0.15) is 0 Å². The maximum atomic E-state index is 5.16. The summed E-state index contributed by atoms with van der Waals surface area (Å²) in [5.74, 6) is 0. The van der Waals surface area contributed by atoms with E-state index in [1.807, 2.05) is 0 Å². The predicted molar refractivity (Wildman–Crippen MR) is 43.5 cm³/mol. The van der Waals surface area contributed by atoms with Crippen LogP contribution < -0.4 is 5.32 Å². The Hall–Kier alpha value is -0.0800. The zero-order valence-corrected chi connectivity index (χ0v) is 6.86. The molecule has 0 aromatic rings. The molecule has 0 aromatic heterocycles. The average molecular weight is 144 g/mol. The summed E-state index contributed by atoms with van der Waals surface area (Å²) >= 11 is 0. The van der Waals surface area contributed by atoms with E-state index in [2.05, 4.69) is 19.3 Å². The van der Waals surface area contributed by atoms with Crippen LogP contribution >= 0.6 is 0 Å². The molecular weight excluding hydrogens is 126 g/mol. The average Bonchev–Trinajstić information content (AvgIpc) is 1.97. The van der Waals surface area contributed by atoms with Crippen LogP contribution in [0.2, 0.25) is 0 Å². The normalized spacial score (nSPS) is 10.2. The van der Waals surface area contributed by atoms with Crippen LogP contribution in [0.4, 0.5) is 0 Å². The molecule has 0 unspecified atom stereocenters. The Morgan fingerprint density at radius 2 is 2.10 bits per heavy atom. The zero-order chi connectivity index (χ0) is 7.66. The van der Waals surface area contributed by atoms with Gasteiger partial charge >= 0.3 is 0 Å². The molecule has 0 aromatic carbocycles. The minimum absolute atomic E-state index is 0.576. The number of hydrogen-bond acceptors (Lipinski definition) is 2. The maximum Gasteiger partial charge on any atom is 0.0965 e. The first-order valence-electron chi connectivity index (χ1n) is 3.99. The van der Waals surface area contributed by atoms with Crippen molar-refractivity contribution in [3.8, 4) is 0 Å². The maximum absolute atomic E-state index is 5.16. The molecule has 10 heavy (non-hydrogen) atoms. The minimum atomic E-state index is 0.576. The molecule has 0 bridgehead atoms. The zero-order valence-electron chi connectivity index (χ0n) is 6.86. The van der Waals surface area contributed by atoms with E-state index < -0.39 is 0 Å². The van der Waals surface area contributed by atoms with E-state index in [1.165, 1.54) is 25.7 Å². The van der Waals surface area contributed by atoms with E-state index >= 15 is 0 Å². The molecule has 2 nitrogen and oxygen atoms in total. The van der Waals surface area contributed by atoms with E-state index in [0.717, 1.165) is 6.61 Å². The molecule has 0 amide bonds. The Bertz CT molecular complexity index is 49.2. The molecular formula is C8H18NO. The van der Waals surface area contributed by atoms with Crippen LogP contribution in [-0.2, 0) is 4.74 Å². The highest BCUT2D eigenvalue weighted by molar-refractivity contribution is 4.38. The van der Waals surface area contributed by atoms with Crippen molar-refractivity contribution in [2.45, 2.75) is 32.6 Å². The van der Waals surface area contributed by atoms with Crippen LogP contribution in [0.5, 0.6) is 0 Å². The SMILES string of the molecule is [CH2]NCOCCCCCC. The van der Waals surface area contributed by atoms with E-state index in [4.69, 9.17) is 4.74 Å². The Morgan fingerprint density at radius 3 is 2.70 bits per heavy atom. The lowest BCUT2D eigenvalue weighted by Gasteiger charge is -2.01. The van der Waals surface area contributed by atoms with Crippen molar-refractivity contribution in [1.82, 2.24) is 5.32 Å². The van der Waals surface area contributed by atoms with Gasteiger partial charge < -0.3 is 4.74 Å². The Kier molecular flexibility index (Phi) is 8.85. The molecule has 0 aliphatic heterocycles. The van der Waals surface area contributed by atoms with Crippen LogP contribution in [0.15, 0.2) is 0 Å². The Morgan fingerprint density at radius 1 is 1.30 bits per heavy atom. The summed E-state index contributed by atoms with van der Waals surface area (Å²) in [6.07, 6.45) is 5.07. The first-order chi connectivity index (χ1) is 4.91. The van der Waals surface area contributed by atoms with Crippen molar-refractivity contribution in [2.24, 2.45) is 0 Å². The Balaban J connectivity index is 2.65. The molecule has 0 aliphatic rings. The quantitative estimate of drug-likeness (QED) is 0.435. The van der Waals surface area contributed by atoms with Crippen molar-refractivity contribution in [2.75, 3.05) is 13.3 Å². The van der Waals surface area contributed by atoms with E-state index in [-0.39, 0.29) is 0 Å². The van der Waals surface area contributed by atoms with Crippen LogP contribution in [0, 0.1) is 7.05 Å². The lowest BCUT2D eigenvalue weighted by molar-refractivity contribution is 0.121. The molecule has 0 saturated heterocycles. The fraction of sp³-hybridized carbons (Fsp3) is 0.875. The van der Waals surface area contributed by atoms with Gasteiger partial charge in [-0.15, -0.1) is 0 Å². The summed E-state index contributed by atoms with van der Waals surface area (Å²) in [6, 6.07) is 0. The first kappa shape index (κ1) is 9.92. The number of rotatable bonds is 7. The third-order valence-electron chi connectivity index (χ3n) is 1.35. The summed E-state index contributed by atoms with van der Waals surface area (Å²) in [4.78, 5) is 0. The molecule has 0 fully saturated rings. The third-order valence-corrected chi connectivity index (χ3v) is 1.35. The summed E-state index contributed by atoms with van der Waals surface area (Å²) in [7, 11) is 3.44. The van der Waals surface area contributed by atoms with E-state index in [0.29, 0.717) is 6.73 Å². The van der Waals surface area contributed by atoms with Crippen molar-refractivity contribution in [3.05, 3.63) is 7.05 Å². The second kappa shape index (κ2) is 8.92. The number of hydrogen-bond donors (Lipinski definition) is 1. The van der Waals surface area contributed by atoms with Crippen LogP contribution in [0.1, 0.15) is 32.6 Å². The highest BCUT2D eigenvalue weighted by Crippen LogP contribution is 1.97. The van der Waals surface area contributed by atoms with Crippen molar-refractivity contribution >= 4 is 0 Å². The summed E-state index contributed by atoms with van der Waals surface area (Å²) in [5.41, 5.74) is 0. The molecule has 0 saturated carbocycles. The van der Waals surface area contributed by atoms with E-state index in [9.17, 15) is 0 Å². The molecule has 0 heterocycles. The fourth-order valence-corrected chi connectivity index (χ4v) is 0.775. The first-order valence-corrected chi connectivity index (χ1v) is 3.99. The Labute approximate surface area is 64.0 Å². The molecule has 61 valence electrons. The van der Waals surface area contributed by atoms with Gasteiger partial charge in [0.25, 0.3) is 0 Å². The smallest absolute Gasteiger partial charge is 0.0965 e. The molecule has 1 radical (unpaired) electrons. The lowest BCUT2D eigenvalue weighted by atomic mass is 10.2. The molecule has 2 heteroatoms. The van der Waals surface area contributed by atoms with Crippen molar-refractivity contribution in [1.29, 1.82) is 0 Å². The second-order valence-electron chi connectivity index (χ2n) is 2.36. The molecule has 0 aliphatic carbocycles. The largest absolute Gasteiger partial charge is 0.366 e. The van der Waals surface area contributed by atoms with Crippen LogP contribution in [0.25, 0.3) is 0 Å². The molecule has 0 rings (SSSR count). The van der Waals surface area contributed by atoms with E-state index in [1.54, 1.807) is 0 Å². The van der Waals surface area contributed by atoms with Gasteiger partial charge in [-0.2, -0.15) is 0 Å². The summed E-state index contributed by atoms with van der Waals surface area (Å²) in [5, 5.41) is 2.69. The highest BCUT2D eigenvalue weighted by atomic mass is 16.5. The number of ether oxygens (including phenoxy) is 1. The van der Waals surface area contributed by atoms with Gasteiger partial charge in [-0.05, 0) is 6.42 Å².